The van der Waals surface area contributed by atoms with Crippen LogP contribution >= 0.6 is 0 Å². The van der Waals surface area contributed by atoms with Crippen molar-refractivity contribution >= 4 is 22.6 Å². The van der Waals surface area contributed by atoms with E-state index < -0.39 is 0 Å². The van der Waals surface area contributed by atoms with Crippen LogP contribution in [0.2, 0.25) is 0 Å². The summed E-state index contributed by atoms with van der Waals surface area (Å²) in [5.74, 6) is 1.99. The number of carbonyl (C=O) groups is 1. The van der Waals surface area contributed by atoms with Crippen LogP contribution in [0, 0.1) is 13.8 Å². The molecule has 7 nitrogen and oxygen atoms in total. The number of furan rings is 1. The highest BCUT2D eigenvalue weighted by molar-refractivity contribution is 6.12. The van der Waals surface area contributed by atoms with Crippen LogP contribution < -0.4 is 10.1 Å². The van der Waals surface area contributed by atoms with Crippen LogP contribution in [-0.4, -0.2) is 27.8 Å². The molecule has 0 spiro atoms. The van der Waals surface area contributed by atoms with Crippen molar-refractivity contribution in [2.24, 2.45) is 0 Å². The van der Waals surface area contributed by atoms with Crippen molar-refractivity contribution in [3.8, 4) is 17.0 Å². The predicted molar refractivity (Wildman–Crippen MR) is 116 cm³/mol. The summed E-state index contributed by atoms with van der Waals surface area (Å²) in [5, 5.41) is 8.12. The van der Waals surface area contributed by atoms with Crippen molar-refractivity contribution in [2.75, 3.05) is 12.4 Å². The van der Waals surface area contributed by atoms with Gasteiger partial charge < -0.3 is 14.5 Å². The number of hydrogen-bond donors (Lipinski definition) is 1. The largest absolute Gasteiger partial charge is 0.497 e. The fraction of sp³-hybridized carbons (Fsp3) is 0.261. The third-order valence-corrected chi connectivity index (χ3v) is 4.95. The smallest absolute Gasteiger partial charge is 0.256 e. The fourth-order valence-corrected chi connectivity index (χ4v) is 3.51. The van der Waals surface area contributed by atoms with E-state index in [1.54, 1.807) is 25.4 Å². The highest BCUT2D eigenvalue weighted by atomic mass is 16.5. The molecule has 0 aliphatic rings. The van der Waals surface area contributed by atoms with Gasteiger partial charge in [0.2, 0.25) is 0 Å². The van der Waals surface area contributed by atoms with E-state index >= 15 is 0 Å². The molecule has 3 heterocycles. The average Bonchev–Trinajstić information content (AvgIpc) is 3.29. The molecular weight excluding hydrogens is 380 g/mol. The van der Waals surface area contributed by atoms with E-state index in [0.717, 1.165) is 17.1 Å². The summed E-state index contributed by atoms with van der Waals surface area (Å²) in [7, 11) is 1.59. The van der Waals surface area contributed by atoms with Crippen molar-refractivity contribution in [1.29, 1.82) is 0 Å². The monoisotopic (exact) mass is 404 g/mol. The summed E-state index contributed by atoms with van der Waals surface area (Å²) < 4.78 is 12.8. The van der Waals surface area contributed by atoms with Crippen molar-refractivity contribution < 1.29 is 13.9 Å². The highest BCUT2D eigenvalue weighted by Crippen LogP contribution is 2.30. The summed E-state index contributed by atoms with van der Waals surface area (Å²) >= 11 is 0. The van der Waals surface area contributed by atoms with Crippen molar-refractivity contribution in [3.05, 3.63) is 59.7 Å². The topological polar surface area (TPSA) is 82.2 Å². The number of pyridine rings is 1. The van der Waals surface area contributed by atoms with Crippen LogP contribution in [0.4, 0.5) is 5.69 Å². The zero-order chi connectivity index (χ0) is 21.4. The van der Waals surface area contributed by atoms with Gasteiger partial charge in [-0.05, 0) is 52.0 Å². The van der Waals surface area contributed by atoms with Crippen LogP contribution in [-0.2, 0) is 0 Å². The van der Waals surface area contributed by atoms with E-state index in [-0.39, 0.29) is 11.9 Å². The van der Waals surface area contributed by atoms with E-state index in [1.807, 2.05) is 56.6 Å². The number of aromatic nitrogens is 3. The molecule has 0 saturated carbocycles. The maximum absolute atomic E-state index is 13.2. The maximum Gasteiger partial charge on any atom is 0.256 e. The maximum atomic E-state index is 13.2. The Kier molecular flexibility index (Phi) is 5.03. The standard InChI is InChI=1S/C23H24N4O3/c1-13(2)27-22-20(12-24-27)19(11-21(26-22)18-9-14(3)30-15(18)4)23(28)25-16-7-6-8-17(10-16)29-5/h6-13H,1-5H3,(H,25,28). The lowest BCUT2D eigenvalue weighted by molar-refractivity contribution is 0.102. The molecule has 0 aliphatic carbocycles. The second-order valence-electron chi connectivity index (χ2n) is 7.49. The Labute approximate surface area is 174 Å². The first kappa shape index (κ1) is 19.7. The summed E-state index contributed by atoms with van der Waals surface area (Å²) in [6.45, 7) is 7.85. The molecule has 4 rings (SSSR count). The van der Waals surface area contributed by atoms with Crippen molar-refractivity contribution in [3.63, 3.8) is 0 Å². The van der Waals surface area contributed by atoms with Crippen LogP contribution in [0.5, 0.6) is 5.75 Å². The number of nitrogens with one attached hydrogen (secondary N) is 1. The first-order valence-corrected chi connectivity index (χ1v) is 9.78. The zero-order valence-electron chi connectivity index (χ0n) is 17.7. The second kappa shape index (κ2) is 7.67. The normalized spacial score (nSPS) is 11.3. The number of anilines is 1. The number of hydrogen-bond acceptors (Lipinski definition) is 5. The molecule has 1 amide bonds. The molecule has 0 bridgehead atoms. The lowest BCUT2D eigenvalue weighted by Gasteiger charge is -2.11. The van der Waals surface area contributed by atoms with E-state index in [0.29, 0.717) is 33.7 Å². The van der Waals surface area contributed by atoms with Gasteiger partial charge in [-0.3, -0.25) is 4.79 Å². The fourth-order valence-electron chi connectivity index (χ4n) is 3.51. The molecule has 0 aliphatic heterocycles. The predicted octanol–water partition coefficient (Wildman–Crippen LogP) is 5.15. The number of aryl methyl sites for hydroxylation is 2. The van der Waals surface area contributed by atoms with E-state index in [9.17, 15) is 4.79 Å². The number of methoxy groups -OCH3 is 1. The molecule has 7 heteroatoms. The molecular formula is C23H24N4O3. The molecule has 0 radical (unpaired) electrons. The SMILES string of the molecule is COc1cccc(NC(=O)c2cc(-c3cc(C)oc3C)nc3c2cnn3C(C)C)c1. The van der Waals surface area contributed by atoms with Crippen LogP contribution in [0.3, 0.4) is 0 Å². The molecule has 1 aromatic carbocycles. The van der Waals surface area contributed by atoms with E-state index in [4.69, 9.17) is 14.1 Å². The summed E-state index contributed by atoms with van der Waals surface area (Å²) in [5.41, 5.74) is 3.35. The lowest BCUT2D eigenvalue weighted by atomic mass is 10.1. The van der Waals surface area contributed by atoms with Gasteiger partial charge in [0, 0.05) is 23.4 Å². The van der Waals surface area contributed by atoms with Gasteiger partial charge >= 0.3 is 0 Å². The Bertz CT molecular complexity index is 1240. The molecule has 0 atom stereocenters. The second-order valence-corrected chi connectivity index (χ2v) is 7.49. The summed E-state index contributed by atoms with van der Waals surface area (Å²) in [4.78, 5) is 18.1. The van der Waals surface area contributed by atoms with E-state index in [1.165, 1.54) is 0 Å². The number of fused-ring (bicyclic) bond motifs is 1. The van der Waals surface area contributed by atoms with Gasteiger partial charge in [-0.2, -0.15) is 5.10 Å². The Morgan fingerprint density at radius 1 is 1.20 bits per heavy atom. The summed E-state index contributed by atoms with van der Waals surface area (Å²) in [6.07, 6.45) is 1.69. The molecule has 4 aromatic rings. The minimum Gasteiger partial charge on any atom is -0.497 e. The Balaban J connectivity index is 1.85. The van der Waals surface area contributed by atoms with Gasteiger partial charge in [0.1, 0.15) is 17.3 Å². The molecule has 154 valence electrons. The number of amides is 1. The third kappa shape index (κ3) is 3.54. The van der Waals surface area contributed by atoms with Gasteiger partial charge in [0.15, 0.2) is 5.65 Å². The third-order valence-electron chi connectivity index (χ3n) is 4.95. The molecule has 3 aromatic heterocycles. The Hall–Kier alpha value is -3.61. The van der Waals surface area contributed by atoms with Gasteiger partial charge in [-0.15, -0.1) is 0 Å². The van der Waals surface area contributed by atoms with E-state index in [2.05, 4.69) is 10.4 Å². The van der Waals surface area contributed by atoms with Gasteiger partial charge in [0.05, 0.1) is 30.0 Å². The molecule has 30 heavy (non-hydrogen) atoms. The van der Waals surface area contributed by atoms with Gasteiger partial charge in [0.25, 0.3) is 5.91 Å². The molecule has 0 unspecified atom stereocenters. The minimum absolute atomic E-state index is 0.103. The van der Waals surface area contributed by atoms with Crippen molar-refractivity contribution in [2.45, 2.75) is 33.7 Å². The quantitative estimate of drug-likeness (QED) is 0.497. The first-order valence-electron chi connectivity index (χ1n) is 9.78. The van der Waals surface area contributed by atoms with Crippen LogP contribution in [0.15, 0.2) is 47.0 Å². The number of nitrogens with zero attached hydrogens (tertiary/aromatic N) is 3. The molecule has 1 N–H and O–H groups in total. The lowest BCUT2D eigenvalue weighted by Crippen LogP contribution is -2.13. The van der Waals surface area contributed by atoms with Crippen LogP contribution in [0.1, 0.15) is 41.8 Å². The van der Waals surface area contributed by atoms with Crippen LogP contribution in [0.25, 0.3) is 22.3 Å². The number of benzene rings is 1. The summed E-state index contributed by atoms with van der Waals surface area (Å²) in [6, 6.07) is 11.1. The minimum atomic E-state index is -0.238. The number of rotatable bonds is 5. The van der Waals surface area contributed by atoms with Gasteiger partial charge in [-0.1, -0.05) is 6.07 Å². The van der Waals surface area contributed by atoms with Crippen molar-refractivity contribution in [1.82, 2.24) is 14.8 Å². The number of ether oxygens (including phenoxy) is 1. The number of carbonyl (C=O) groups excluding carboxylic acids is 1. The zero-order valence-corrected chi connectivity index (χ0v) is 17.7. The molecule has 0 fully saturated rings. The average molecular weight is 404 g/mol. The van der Waals surface area contributed by atoms with Gasteiger partial charge in [-0.25, -0.2) is 9.67 Å². The highest BCUT2D eigenvalue weighted by Gasteiger charge is 2.20. The Morgan fingerprint density at radius 2 is 2.00 bits per heavy atom. The Morgan fingerprint density at radius 3 is 2.67 bits per heavy atom. The first-order chi connectivity index (χ1) is 14.4. The molecule has 0 saturated heterocycles.